The van der Waals surface area contributed by atoms with E-state index in [1.807, 2.05) is 17.5 Å². The van der Waals surface area contributed by atoms with E-state index in [9.17, 15) is 9.59 Å². The molecule has 0 saturated heterocycles. The van der Waals surface area contributed by atoms with Crippen molar-refractivity contribution in [1.82, 2.24) is 9.78 Å². The summed E-state index contributed by atoms with van der Waals surface area (Å²) in [4.78, 5) is 25.0. The summed E-state index contributed by atoms with van der Waals surface area (Å²) in [7, 11) is 1.73. The second-order valence-corrected chi connectivity index (χ2v) is 6.43. The van der Waals surface area contributed by atoms with Gasteiger partial charge in [-0.1, -0.05) is 6.07 Å². The molecule has 0 bridgehead atoms. The fourth-order valence-electron chi connectivity index (χ4n) is 2.89. The molecule has 1 atom stereocenters. The van der Waals surface area contributed by atoms with Crippen LogP contribution < -0.4 is 10.6 Å². The zero-order valence-corrected chi connectivity index (χ0v) is 13.6. The molecule has 0 fully saturated rings. The summed E-state index contributed by atoms with van der Waals surface area (Å²) in [5.41, 5.74) is 0.761. The molecule has 0 radical (unpaired) electrons. The Morgan fingerprint density at radius 1 is 1.46 bits per heavy atom. The van der Waals surface area contributed by atoms with Gasteiger partial charge in [0, 0.05) is 13.5 Å². The van der Waals surface area contributed by atoms with Crippen LogP contribution in [0.4, 0.5) is 11.6 Å². The highest BCUT2D eigenvalue weighted by atomic mass is 32.1. The number of aromatic nitrogens is 2. The van der Waals surface area contributed by atoms with Crippen molar-refractivity contribution in [1.29, 1.82) is 0 Å². The van der Waals surface area contributed by atoms with E-state index in [4.69, 9.17) is 4.42 Å². The average Bonchev–Trinajstić information content (AvgIpc) is 3.29. The third-order valence-electron chi connectivity index (χ3n) is 3.94. The number of anilines is 2. The van der Waals surface area contributed by atoms with Gasteiger partial charge in [-0.25, -0.2) is 0 Å². The van der Waals surface area contributed by atoms with Crippen LogP contribution in [0.25, 0.3) is 0 Å². The number of nitrogens with zero attached hydrogens (tertiary/aromatic N) is 2. The van der Waals surface area contributed by atoms with Crippen molar-refractivity contribution >= 4 is 34.8 Å². The Morgan fingerprint density at radius 3 is 3.04 bits per heavy atom. The summed E-state index contributed by atoms with van der Waals surface area (Å²) in [6.45, 7) is 0. The van der Waals surface area contributed by atoms with Gasteiger partial charge in [0.2, 0.25) is 5.91 Å². The monoisotopic (exact) mass is 342 g/mol. The molecule has 1 aliphatic heterocycles. The van der Waals surface area contributed by atoms with Gasteiger partial charge in [0.05, 0.1) is 22.6 Å². The average molecular weight is 342 g/mol. The zero-order chi connectivity index (χ0) is 16.7. The van der Waals surface area contributed by atoms with Crippen molar-refractivity contribution in [3.8, 4) is 0 Å². The predicted octanol–water partition coefficient (Wildman–Crippen LogP) is 2.80. The molecule has 0 aromatic carbocycles. The normalized spacial score (nSPS) is 16.5. The van der Waals surface area contributed by atoms with Gasteiger partial charge in [-0.05, 0) is 23.6 Å². The molecular formula is C16H14N4O3S. The van der Waals surface area contributed by atoms with Crippen molar-refractivity contribution in [2.75, 3.05) is 10.6 Å². The van der Waals surface area contributed by atoms with Crippen molar-refractivity contribution in [3.05, 3.63) is 52.1 Å². The lowest BCUT2D eigenvalue weighted by molar-refractivity contribution is -0.116. The molecular weight excluding hydrogens is 328 g/mol. The lowest BCUT2D eigenvalue weighted by Crippen LogP contribution is -2.25. The molecule has 7 nitrogen and oxygen atoms in total. The van der Waals surface area contributed by atoms with Gasteiger partial charge < -0.3 is 15.1 Å². The Hall–Kier alpha value is -2.87. The lowest BCUT2D eigenvalue weighted by Gasteiger charge is -2.22. The number of hydrogen-bond donors (Lipinski definition) is 2. The van der Waals surface area contributed by atoms with Crippen molar-refractivity contribution in [3.63, 3.8) is 0 Å². The summed E-state index contributed by atoms with van der Waals surface area (Å²) in [6.07, 6.45) is 1.82. The lowest BCUT2D eigenvalue weighted by atomic mass is 9.91. The highest BCUT2D eigenvalue weighted by Crippen LogP contribution is 2.41. The Bertz CT molecular complexity index is 896. The van der Waals surface area contributed by atoms with Crippen LogP contribution in [-0.2, 0) is 11.8 Å². The molecule has 4 heterocycles. The van der Waals surface area contributed by atoms with E-state index in [1.54, 1.807) is 30.1 Å². The molecule has 0 saturated carbocycles. The minimum absolute atomic E-state index is 0.108. The minimum atomic E-state index is -0.281. The number of aryl methyl sites for hydroxylation is 1. The molecule has 0 unspecified atom stereocenters. The van der Waals surface area contributed by atoms with E-state index in [2.05, 4.69) is 15.7 Å². The second-order valence-electron chi connectivity index (χ2n) is 5.49. The smallest absolute Gasteiger partial charge is 0.266 e. The minimum Gasteiger partial charge on any atom is -0.469 e. The first-order valence-corrected chi connectivity index (χ1v) is 8.26. The number of furan rings is 1. The summed E-state index contributed by atoms with van der Waals surface area (Å²) >= 11 is 1.36. The second kappa shape index (κ2) is 5.64. The van der Waals surface area contributed by atoms with Crippen molar-refractivity contribution in [2.45, 2.75) is 12.3 Å². The largest absolute Gasteiger partial charge is 0.469 e. The number of nitrogens with one attached hydrogen (secondary N) is 2. The van der Waals surface area contributed by atoms with E-state index < -0.39 is 0 Å². The highest BCUT2D eigenvalue weighted by molar-refractivity contribution is 7.12. The Morgan fingerprint density at radius 2 is 2.33 bits per heavy atom. The molecule has 3 aromatic rings. The maximum Gasteiger partial charge on any atom is 0.266 e. The van der Waals surface area contributed by atoms with Gasteiger partial charge in [0.15, 0.2) is 5.82 Å². The van der Waals surface area contributed by atoms with Crippen LogP contribution >= 0.6 is 11.3 Å². The van der Waals surface area contributed by atoms with E-state index in [0.717, 1.165) is 5.56 Å². The quantitative estimate of drug-likeness (QED) is 0.766. The Balaban J connectivity index is 1.76. The third-order valence-corrected chi connectivity index (χ3v) is 4.81. The van der Waals surface area contributed by atoms with Gasteiger partial charge in [-0.15, -0.1) is 11.3 Å². The number of amides is 2. The standard InChI is InChI=1S/C16H14N4O3S/c1-20-15-13(9(8-12(21)17-15)10-4-2-6-23-10)14(19-20)18-16(22)11-5-3-7-24-11/h2-7,9H,8H2,1H3,(H,17,21)(H,18,19,22)/t9-/m1/s1. The fraction of sp³-hybridized carbons (Fsp3) is 0.188. The summed E-state index contributed by atoms with van der Waals surface area (Å²) in [6, 6.07) is 7.17. The number of thiophene rings is 1. The molecule has 3 aromatic heterocycles. The van der Waals surface area contributed by atoms with Crippen LogP contribution in [0.2, 0.25) is 0 Å². The number of hydrogen-bond acceptors (Lipinski definition) is 5. The Labute approximate surface area is 141 Å². The molecule has 0 spiro atoms. The Kier molecular flexibility index (Phi) is 3.46. The van der Waals surface area contributed by atoms with E-state index in [1.165, 1.54) is 11.3 Å². The van der Waals surface area contributed by atoms with Crippen LogP contribution in [0, 0.1) is 0 Å². The van der Waals surface area contributed by atoms with Gasteiger partial charge in [-0.3, -0.25) is 14.3 Å². The summed E-state index contributed by atoms with van der Waals surface area (Å²) < 4.78 is 7.05. The summed E-state index contributed by atoms with van der Waals surface area (Å²) in [5.74, 6) is 1.08. The van der Waals surface area contributed by atoms with E-state index in [0.29, 0.717) is 22.3 Å². The number of rotatable bonds is 3. The molecule has 2 N–H and O–H groups in total. The van der Waals surface area contributed by atoms with E-state index in [-0.39, 0.29) is 24.2 Å². The first-order chi connectivity index (χ1) is 11.6. The zero-order valence-electron chi connectivity index (χ0n) is 12.8. The third kappa shape index (κ3) is 2.41. The molecule has 2 amide bonds. The molecule has 8 heteroatoms. The van der Waals surface area contributed by atoms with Crippen molar-refractivity contribution < 1.29 is 14.0 Å². The molecule has 4 rings (SSSR count). The van der Waals surface area contributed by atoms with Crippen LogP contribution in [0.3, 0.4) is 0 Å². The molecule has 122 valence electrons. The first-order valence-electron chi connectivity index (χ1n) is 7.38. The molecule has 24 heavy (non-hydrogen) atoms. The molecule has 0 aliphatic carbocycles. The van der Waals surface area contributed by atoms with Crippen LogP contribution in [0.15, 0.2) is 40.3 Å². The maximum atomic E-state index is 12.4. The SMILES string of the molecule is Cn1nc(NC(=O)c2cccs2)c2c1NC(=O)C[C@@H]2c1ccco1. The summed E-state index contributed by atoms with van der Waals surface area (Å²) in [5, 5.41) is 11.9. The molecule has 1 aliphatic rings. The van der Waals surface area contributed by atoms with Crippen LogP contribution in [-0.4, -0.2) is 21.6 Å². The maximum absolute atomic E-state index is 12.4. The topological polar surface area (TPSA) is 89.2 Å². The van der Waals surface area contributed by atoms with Crippen LogP contribution in [0.5, 0.6) is 0 Å². The van der Waals surface area contributed by atoms with Gasteiger partial charge in [0.1, 0.15) is 11.6 Å². The highest BCUT2D eigenvalue weighted by Gasteiger charge is 2.35. The predicted molar refractivity (Wildman–Crippen MR) is 89.3 cm³/mol. The van der Waals surface area contributed by atoms with Crippen LogP contribution in [0.1, 0.15) is 33.3 Å². The fourth-order valence-corrected chi connectivity index (χ4v) is 3.51. The first kappa shape index (κ1) is 14.7. The van der Waals surface area contributed by atoms with E-state index >= 15 is 0 Å². The van der Waals surface area contributed by atoms with Crippen molar-refractivity contribution in [2.24, 2.45) is 7.05 Å². The number of carbonyl (C=O) groups is 2. The van der Waals surface area contributed by atoms with Gasteiger partial charge >= 0.3 is 0 Å². The van der Waals surface area contributed by atoms with Gasteiger partial charge in [-0.2, -0.15) is 5.10 Å². The number of fused-ring (bicyclic) bond motifs is 1. The van der Waals surface area contributed by atoms with Gasteiger partial charge in [0.25, 0.3) is 5.91 Å². The number of carbonyl (C=O) groups excluding carboxylic acids is 2.